The molecule has 0 amide bonds. The molecular formula is C13H15F3O. The van der Waals surface area contributed by atoms with Crippen molar-refractivity contribution in [1.29, 1.82) is 0 Å². The highest BCUT2D eigenvalue weighted by Crippen LogP contribution is 2.49. The predicted molar refractivity (Wildman–Crippen MR) is 59.1 cm³/mol. The summed E-state index contributed by atoms with van der Waals surface area (Å²) in [6, 6.07) is 6.97. The van der Waals surface area contributed by atoms with E-state index in [0.29, 0.717) is 5.92 Å². The fourth-order valence-electron chi connectivity index (χ4n) is 2.08. The minimum Gasteiger partial charge on any atom is -0.484 e. The minimum absolute atomic E-state index is 0.278. The first kappa shape index (κ1) is 12.3. The lowest BCUT2D eigenvalue weighted by Crippen LogP contribution is -2.19. The van der Waals surface area contributed by atoms with Crippen LogP contribution in [-0.2, 0) is 0 Å². The summed E-state index contributed by atoms with van der Waals surface area (Å²) in [6.45, 7) is 0.929. The Hall–Kier alpha value is -1.19. The van der Waals surface area contributed by atoms with Crippen LogP contribution >= 0.6 is 0 Å². The van der Waals surface area contributed by atoms with E-state index in [9.17, 15) is 13.2 Å². The first-order chi connectivity index (χ1) is 7.99. The van der Waals surface area contributed by atoms with Gasteiger partial charge in [-0.15, -0.1) is 0 Å². The second-order valence-electron chi connectivity index (χ2n) is 4.48. The minimum atomic E-state index is -4.28. The van der Waals surface area contributed by atoms with Crippen LogP contribution < -0.4 is 4.74 Å². The predicted octanol–water partition coefficient (Wildman–Crippen LogP) is 4.14. The maximum Gasteiger partial charge on any atom is 0.422 e. The molecule has 0 spiro atoms. The van der Waals surface area contributed by atoms with Gasteiger partial charge in [-0.25, -0.2) is 0 Å². The van der Waals surface area contributed by atoms with Gasteiger partial charge in [0.25, 0.3) is 0 Å². The molecule has 0 radical (unpaired) electrons. The Labute approximate surface area is 98.6 Å². The lowest BCUT2D eigenvalue weighted by Gasteiger charge is -2.09. The molecule has 0 bridgehead atoms. The number of ether oxygens (including phenoxy) is 1. The average Bonchev–Trinajstić information content (AvgIpc) is 3.05. The largest absolute Gasteiger partial charge is 0.484 e. The number of benzene rings is 1. The summed E-state index contributed by atoms with van der Waals surface area (Å²) in [4.78, 5) is 0. The van der Waals surface area contributed by atoms with Crippen molar-refractivity contribution in [1.82, 2.24) is 0 Å². The maximum absolute atomic E-state index is 11.9. The third-order valence-corrected chi connectivity index (χ3v) is 3.16. The Balaban J connectivity index is 1.90. The highest BCUT2D eigenvalue weighted by Gasteiger charge is 2.36. The summed E-state index contributed by atoms with van der Waals surface area (Å²) in [7, 11) is 0. The van der Waals surface area contributed by atoms with Crippen LogP contribution in [0.2, 0.25) is 0 Å². The molecule has 2 rings (SSSR count). The van der Waals surface area contributed by atoms with Crippen molar-refractivity contribution in [3.05, 3.63) is 29.8 Å². The monoisotopic (exact) mass is 244 g/mol. The molecule has 1 aromatic rings. The molecule has 0 N–H and O–H groups in total. The van der Waals surface area contributed by atoms with Crippen LogP contribution in [0, 0.1) is 5.92 Å². The normalized spacial score (nSPS) is 23.5. The molecule has 0 unspecified atom stereocenters. The van der Waals surface area contributed by atoms with Gasteiger partial charge < -0.3 is 4.74 Å². The number of hydrogen-bond donors (Lipinski definition) is 0. The van der Waals surface area contributed by atoms with E-state index in [1.165, 1.54) is 12.0 Å². The van der Waals surface area contributed by atoms with Gasteiger partial charge >= 0.3 is 6.18 Å². The van der Waals surface area contributed by atoms with Crippen LogP contribution in [0.25, 0.3) is 0 Å². The van der Waals surface area contributed by atoms with E-state index in [4.69, 9.17) is 0 Å². The molecule has 1 aliphatic rings. The maximum atomic E-state index is 11.9. The number of hydrogen-bond acceptors (Lipinski definition) is 1. The number of alkyl halides is 3. The van der Waals surface area contributed by atoms with E-state index in [1.807, 2.05) is 12.1 Å². The van der Waals surface area contributed by atoms with E-state index in [0.717, 1.165) is 12.3 Å². The van der Waals surface area contributed by atoms with Crippen LogP contribution in [-0.4, -0.2) is 12.8 Å². The van der Waals surface area contributed by atoms with Gasteiger partial charge in [0.05, 0.1) is 0 Å². The van der Waals surface area contributed by atoms with Gasteiger partial charge in [0.2, 0.25) is 0 Å². The summed E-state index contributed by atoms with van der Waals surface area (Å²) in [5, 5.41) is 0. The second kappa shape index (κ2) is 4.59. The first-order valence-electron chi connectivity index (χ1n) is 5.79. The van der Waals surface area contributed by atoms with Gasteiger partial charge in [0, 0.05) is 0 Å². The van der Waals surface area contributed by atoms with E-state index < -0.39 is 12.8 Å². The molecule has 1 nitrogen and oxygen atoms in total. The molecule has 4 heteroatoms. The molecule has 0 aromatic heterocycles. The van der Waals surface area contributed by atoms with Crippen molar-refractivity contribution in [3.8, 4) is 5.75 Å². The number of halogens is 3. The fraction of sp³-hybridized carbons (Fsp3) is 0.538. The zero-order chi connectivity index (χ0) is 12.5. The molecule has 0 aliphatic heterocycles. The quantitative estimate of drug-likeness (QED) is 0.773. The second-order valence-corrected chi connectivity index (χ2v) is 4.48. The molecule has 17 heavy (non-hydrogen) atoms. The van der Waals surface area contributed by atoms with Gasteiger partial charge in [-0.2, -0.15) is 13.2 Å². The van der Waals surface area contributed by atoms with Crippen molar-refractivity contribution in [3.63, 3.8) is 0 Å². The van der Waals surface area contributed by atoms with Crippen molar-refractivity contribution < 1.29 is 17.9 Å². The van der Waals surface area contributed by atoms with Crippen LogP contribution in [0.15, 0.2) is 24.3 Å². The molecule has 94 valence electrons. The summed E-state index contributed by atoms with van der Waals surface area (Å²) in [5.41, 5.74) is 1.20. The molecule has 2 atom stereocenters. The molecule has 1 saturated carbocycles. The Morgan fingerprint density at radius 1 is 1.24 bits per heavy atom. The van der Waals surface area contributed by atoms with Crippen LogP contribution in [0.5, 0.6) is 5.75 Å². The van der Waals surface area contributed by atoms with E-state index in [2.05, 4.69) is 11.7 Å². The molecule has 0 heterocycles. The van der Waals surface area contributed by atoms with Gasteiger partial charge in [0.15, 0.2) is 6.61 Å². The highest BCUT2D eigenvalue weighted by molar-refractivity contribution is 5.32. The standard InChI is InChI=1S/C13H15F3O/c1-2-9-7-12(9)10-3-5-11(6-4-10)17-8-13(14,15)16/h3-6,9,12H,2,7-8H2,1H3/t9-,12-/m0/s1. The topological polar surface area (TPSA) is 9.23 Å². The molecular weight excluding hydrogens is 229 g/mol. The zero-order valence-corrected chi connectivity index (χ0v) is 9.63. The Morgan fingerprint density at radius 2 is 1.88 bits per heavy atom. The Morgan fingerprint density at radius 3 is 2.35 bits per heavy atom. The molecule has 1 fully saturated rings. The summed E-state index contributed by atoms with van der Waals surface area (Å²) < 4.78 is 40.4. The van der Waals surface area contributed by atoms with Crippen LogP contribution in [0.3, 0.4) is 0 Å². The van der Waals surface area contributed by atoms with Crippen molar-refractivity contribution >= 4 is 0 Å². The summed E-state index contributed by atoms with van der Waals surface area (Å²) in [6.07, 6.45) is -1.92. The Bertz CT molecular complexity index is 369. The first-order valence-corrected chi connectivity index (χ1v) is 5.79. The third kappa shape index (κ3) is 3.38. The van der Waals surface area contributed by atoms with Gasteiger partial charge in [-0.1, -0.05) is 25.5 Å². The Kier molecular flexibility index (Phi) is 3.31. The van der Waals surface area contributed by atoms with Crippen molar-refractivity contribution in [2.75, 3.05) is 6.61 Å². The highest BCUT2D eigenvalue weighted by atomic mass is 19.4. The van der Waals surface area contributed by atoms with E-state index in [1.54, 1.807) is 12.1 Å². The SMILES string of the molecule is CC[C@H]1C[C@@H]1c1ccc(OCC(F)(F)F)cc1. The summed E-state index contributed by atoms with van der Waals surface area (Å²) >= 11 is 0. The van der Waals surface area contributed by atoms with Gasteiger partial charge in [0.1, 0.15) is 5.75 Å². The van der Waals surface area contributed by atoms with Crippen molar-refractivity contribution in [2.24, 2.45) is 5.92 Å². The van der Waals surface area contributed by atoms with Gasteiger partial charge in [-0.05, 0) is 36.0 Å². The third-order valence-electron chi connectivity index (χ3n) is 3.16. The van der Waals surface area contributed by atoms with Crippen LogP contribution in [0.4, 0.5) is 13.2 Å². The fourth-order valence-corrected chi connectivity index (χ4v) is 2.08. The summed E-state index contributed by atoms with van der Waals surface area (Å²) in [5.74, 6) is 1.62. The number of rotatable bonds is 4. The van der Waals surface area contributed by atoms with E-state index >= 15 is 0 Å². The van der Waals surface area contributed by atoms with Gasteiger partial charge in [-0.3, -0.25) is 0 Å². The van der Waals surface area contributed by atoms with E-state index in [-0.39, 0.29) is 5.75 Å². The zero-order valence-electron chi connectivity index (χ0n) is 9.63. The average molecular weight is 244 g/mol. The van der Waals surface area contributed by atoms with Crippen LogP contribution in [0.1, 0.15) is 31.2 Å². The smallest absolute Gasteiger partial charge is 0.422 e. The molecule has 1 aromatic carbocycles. The van der Waals surface area contributed by atoms with Crippen molar-refractivity contribution in [2.45, 2.75) is 31.9 Å². The molecule has 0 saturated heterocycles. The lowest BCUT2D eigenvalue weighted by atomic mass is 10.1. The lowest BCUT2D eigenvalue weighted by molar-refractivity contribution is -0.153. The molecule has 1 aliphatic carbocycles.